The lowest BCUT2D eigenvalue weighted by Crippen LogP contribution is -2.38. The number of aromatic nitrogens is 4. The van der Waals surface area contributed by atoms with Crippen molar-refractivity contribution in [2.75, 3.05) is 26.1 Å². The van der Waals surface area contributed by atoms with Crippen LogP contribution >= 0.6 is 0 Å². The molecule has 2 aromatic heterocycles. The van der Waals surface area contributed by atoms with Gasteiger partial charge in [0, 0.05) is 6.42 Å². The van der Waals surface area contributed by atoms with E-state index in [0.717, 1.165) is 51.2 Å². The minimum absolute atomic E-state index is 0.149. The molecule has 1 unspecified atom stereocenters. The molecule has 0 radical (unpaired) electrons. The fraction of sp³-hybridized carbons (Fsp3) is 0.143. The number of ether oxygens (including phenoxy) is 3. The van der Waals surface area contributed by atoms with E-state index < -0.39 is 17.2 Å². The van der Waals surface area contributed by atoms with Crippen LogP contribution < -0.4 is 14.8 Å². The number of imidazole rings is 1. The van der Waals surface area contributed by atoms with Crippen LogP contribution in [0.2, 0.25) is 0 Å². The Balaban J connectivity index is 1.23. The van der Waals surface area contributed by atoms with Gasteiger partial charge in [-0.25, -0.2) is 15.0 Å². The monoisotopic (exact) mass is 765 g/mol. The molecule has 0 aliphatic carbocycles. The zero-order valence-electron chi connectivity index (χ0n) is 32.3. The van der Waals surface area contributed by atoms with Gasteiger partial charge < -0.3 is 28.9 Å². The highest BCUT2D eigenvalue weighted by Gasteiger charge is 2.40. The van der Waals surface area contributed by atoms with E-state index in [-0.39, 0.29) is 13.0 Å². The Kier molecular flexibility index (Phi) is 11.0. The van der Waals surface area contributed by atoms with Gasteiger partial charge in [-0.1, -0.05) is 146 Å². The SMILES string of the molecule is COc1ccc(C(Nc2ncnc3c2ncn3C(CC=O)COC(c2ccccc2)(c2ccccc2)c2ccc(OC)cc2)(c2ccccc2)c2ccccc2)cc1. The number of methoxy groups -OCH3 is 2. The quantitative estimate of drug-likeness (QED) is 0.0768. The van der Waals surface area contributed by atoms with Crippen LogP contribution in [0.1, 0.15) is 45.8 Å². The Morgan fingerprint density at radius 1 is 0.586 bits per heavy atom. The van der Waals surface area contributed by atoms with Crippen LogP contribution in [0.3, 0.4) is 0 Å². The molecule has 8 rings (SSSR count). The summed E-state index contributed by atoms with van der Waals surface area (Å²) < 4.78 is 20.2. The van der Waals surface area contributed by atoms with Gasteiger partial charge >= 0.3 is 0 Å². The third-order valence-corrected chi connectivity index (χ3v) is 10.7. The molecule has 0 saturated heterocycles. The van der Waals surface area contributed by atoms with Crippen LogP contribution in [-0.4, -0.2) is 46.6 Å². The molecule has 9 heteroatoms. The van der Waals surface area contributed by atoms with E-state index in [0.29, 0.717) is 17.0 Å². The Morgan fingerprint density at radius 3 is 1.52 bits per heavy atom. The first-order chi connectivity index (χ1) is 28.6. The van der Waals surface area contributed by atoms with Crippen LogP contribution in [0.15, 0.2) is 183 Å². The second kappa shape index (κ2) is 17.0. The van der Waals surface area contributed by atoms with E-state index in [2.05, 4.69) is 66.0 Å². The molecule has 0 fully saturated rings. The van der Waals surface area contributed by atoms with Crippen LogP contribution in [0.5, 0.6) is 11.5 Å². The van der Waals surface area contributed by atoms with E-state index in [1.54, 1.807) is 20.5 Å². The highest BCUT2D eigenvalue weighted by molar-refractivity contribution is 5.84. The van der Waals surface area contributed by atoms with E-state index >= 15 is 0 Å². The smallest absolute Gasteiger partial charge is 0.165 e. The molecule has 0 bridgehead atoms. The summed E-state index contributed by atoms with van der Waals surface area (Å²) >= 11 is 0. The largest absolute Gasteiger partial charge is 0.497 e. The van der Waals surface area contributed by atoms with Crippen molar-refractivity contribution in [2.45, 2.75) is 23.6 Å². The molecule has 1 N–H and O–H groups in total. The summed E-state index contributed by atoms with van der Waals surface area (Å²) in [6.07, 6.45) is 4.33. The molecule has 288 valence electrons. The summed E-state index contributed by atoms with van der Waals surface area (Å²) in [5.74, 6) is 2.02. The molecule has 0 amide bonds. The summed E-state index contributed by atoms with van der Waals surface area (Å²) in [6.45, 7) is 0.149. The number of fused-ring (bicyclic) bond motifs is 1. The minimum atomic E-state index is -1.03. The molecule has 2 heterocycles. The third kappa shape index (κ3) is 7.08. The van der Waals surface area contributed by atoms with E-state index in [4.69, 9.17) is 29.2 Å². The Bertz CT molecular complexity index is 2470. The van der Waals surface area contributed by atoms with Crippen molar-refractivity contribution >= 4 is 23.3 Å². The Hall–Kier alpha value is -7.10. The summed E-state index contributed by atoms with van der Waals surface area (Å²) in [5, 5.41) is 3.86. The highest BCUT2D eigenvalue weighted by Crippen LogP contribution is 2.43. The van der Waals surface area contributed by atoms with E-state index in [1.165, 1.54) is 6.33 Å². The van der Waals surface area contributed by atoms with Gasteiger partial charge in [0.15, 0.2) is 11.5 Å². The van der Waals surface area contributed by atoms with Gasteiger partial charge in [-0.3, -0.25) is 0 Å². The van der Waals surface area contributed by atoms with Gasteiger partial charge in [0.25, 0.3) is 0 Å². The summed E-state index contributed by atoms with van der Waals surface area (Å²) in [4.78, 5) is 27.0. The molecule has 1 atom stereocenters. The number of anilines is 1. The minimum Gasteiger partial charge on any atom is -0.497 e. The second-order valence-corrected chi connectivity index (χ2v) is 13.9. The predicted molar refractivity (Wildman–Crippen MR) is 226 cm³/mol. The summed E-state index contributed by atoms with van der Waals surface area (Å²) in [5.41, 5.74) is 4.96. The maximum atomic E-state index is 12.5. The lowest BCUT2D eigenvalue weighted by atomic mass is 9.77. The number of carbonyl (C=O) groups is 1. The Labute approximate surface area is 338 Å². The topological polar surface area (TPSA) is 100 Å². The molecule has 58 heavy (non-hydrogen) atoms. The standard InChI is InChI=1S/C49H43N5O4/c1-56-43-27-23-38(24-28-43)48(36-15-7-3-8-16-36,37-17-9-4-10-18-37)53-46-45-47(51-34-50-46)54(35-52-45)42(31-32-55)33-58-49(39-19-11-5-12-20-39,40-21-13-6-14-22-40)41-25-29-44(57-2)30-26-41/h3-30,32,34-35,42H,31,33H2,1-2H3,(H,50,51,53). The second-order valence-electron chi connectivity index (χ2n) is 13.9. The molecule has 0 spiro atoms. The average molecular weight is 766 g/mol. The van der Waals surface area contributed by atoms with Crippen LogP contribution in [0.4, 0.5) is 5.82 Å². The molecular weight excluding hydrogens is 723 g/mol. The molecule has 0 aliphatic heterocycles. The molecule has 6 aromatic carbocycles. The average Bonchev–Trinajstić information content (AvgIpc) is 3.74. The molecule has 8 aromatic rings. The molecular formula is C49H43N5O4. The fourth-order valence-corrected chi connectivity index (χ4v) is 7.84. The van der Waals surface area contributed by atoms with Crippen molar-refractivity contribution in [1.82, 2.24) is 19.5 Å². The zero-order chi connectivity index (χ0) is 39.8. The van der Waals surface area contributed by atoms with Gasteiger partial charge in [0.2, 0.25) is 0 Å². The van der Waals surface area contributed by atoms with Crippen molar-refractivity contribution in [3.63, 3.8) is 0 Å². The lowest BCUT2D eigenvalue weighted by molar-refractivity contribution is -0.109. The van der Waals surface area contributed by atoms with Crippen LogP contribution in [0.25, 0.3) is 11.2 Å². The zero-order valence-corrected chi connectivity index (χ0v) is 32.3. The molecule has 9 nitrogen and oxygen atoms in total. The maximum absolute atomic E-state index is 12.5. The maximum Gasteiger partial charge on any atom is 0.165 e. The van der Waals surface area contributed by atoms with Gasteiger partial charge in [-0.15, -0.1) is 0 Å². The van der Waals surface area contributed by atoms with Crippen molar-refractivity contribution in [3.8, 4) is 11.5 Å². The number of hydrogen-bond acceptors (Lipinski definition) is 8. The van der Waals surface area contributed by atoms with E-state index in [1.807, 2.05) is 114 Å². The number of benzene rings is 6. The van der Waals surface area contributed by atoms with E-state index in [9.17, 15) is 4.79 Å². The first-order valence-electron chi connectivity index (χ1n) is 19.1. The van der Waals surface area contributed by atoms with Crippen molar-refractivity contribution in [2.24, 2.45) is 0 Å². The number of rotatable bonds is 16. The number of aldehydes is 1. The Morgan fingerprint density at radius 2 is 1.03 bits per heavy atom. The van der Waals surface area contributed by atoms with Crippen LogP contribution in [-0.2, 0) is 20.7 Å². The summed E-state index contributed by atoms with van der Waals surface area (Å²) in [7, 11) is 3.31. The van der Waals surface area contributed by atoms with Crippen molar-refractivity contribution in [1.29, 1.82) is 0 Å². The lowest BCUT2D eigenvalue weighted by Gasteiger charge is -2.37. The first-order valence-corrected chi connectivity index (χ1v) is 19.1. The number of nitrogens with one attached hydrogen (secondary N) is 1. The van der Waals surface area contributed by atoms with Gasteiger partial charge in [-0.05, 0) is 57.6 Å². The van der Waals surface area contributed by atoms with Gasteiger partial charge in [0.1, 0.15) is 40.8 Å². The highest BCUT2D eigenvalue weighted by atomic mass is 16.5. The third-order valence-electron chi connectivity index (χ3n) is 10.7. The van der Waals surface area contributed by atoms with Crippen molar-refractivity contribution in [3.05, 3.63) is 216 Å². The fourth-order valence-electron chi connectivity index (χ4n) is 7.84. The normalized spacial score (nSPS) is 12.2. The van der Waals surface area contributed by atoms with Crippen molar-refractivity contribution < 1.29 is 19.0 Å². The number of hydrogen-bond donors (Lipinski definition) is 1. The molecule has 0 aliphatic rings. The summed E-state index contributed by atoms with van der Waals surface area (Å²) in [6, 6.07) is 56.4. The molecule has 0 saturated carbocycles. The predicted octanol–water partition coefficient (Wildman–Crippen LogP) is 9.39. The number of nitrogens with zero attached hydrogens (tertiary/aromatic N) is 4. The van der Waals surface area contributed by atoms with Crippen LogP contribution in [0, 0.1) is 0 Å². The van der Waals surface area contributed by atoms with Gasteiger partial charge in [-0.2, -0.15) is 0 Å². The number of carbonyl (C=O) groups excluding carboxylic acids is 1. The van der Waals surface area contributed by atoms with Gasteiger partial charge in [0.05, 0.1) is 33.2 Å². The first kappa shape index (κ1) is 37.8.